The number of nitrogens with zero attached hydrogens (tertiary/aromatic N) is 3. The molecule has 0 aromatic heterocycles. The second-order valence-corrected chi connectivity index (χ2v) is 8.65. The summed E-state index contributed by atoms with van der Waals surface area (Å²) in [6.07, 6.45) is 0. The highest BCUT2D eigenvalue weighted by molar-refractivity contribution is 5.94. The van der Waals surface area contributed by atoms with Crippen molar-refractivity contribution in [3.63, 3.8) is 0 Å². The highest BCUT2D eigenvalue weighted by atomic mass is 16.6. The first-order valence-corrected chi connectivity index (χ1v) is 11.8. The molecule has 0 bridgehead atoms. The number of hydrogen-bond acceptors (Lipinski definition) is 4. The summed E-state index contributed by atoms with van der Waals surface area (Å²) >= 11 is 0. The van der Waals surface area contributed by atoms with E-state index in [0.717, 1.165) is 39.9 Å². The molecule has 35 heavy (non-hydrogen) atoms. The summed E-state index contributed by atoms with van der Waals surface area (Å²) in [5.41, 5.74) is 6.33. The second kappa shape index (κ2) is 7.67. The fourth-order valence-corrected chi connectivity index (χ4v) is 5.28. The topological polar surface area (TPSA) is 19.0 Å². The molecule has 4 heteroatoms. The van der Waals surface area contributed by atoms with Crippen molar-refractivity contribution in [2.75, 3.05) is 14.7 Å². The van der Waals surface area contributed by atoms with Gasteiger partial charge < -0.3 is 4.74 Å². The molecule has 0 unspecified atom stereocenters. The Balaban J connectivity index is 1.59. The van der Waals surface area contributed by atoms with Crippen molar-refractivity contribution in [1.29, 1.82) is 0 Å². The molecule has 7 rings (SSSR count). The van der Waals surface area contributed by atoms with Crippen LogP contribution in [0.2, 0.25) is 0 Å². The molecule has 5 aromatic rings. The van der Waals surface area contributed by atoms with Gasteiger partial charge in [-0.1, -0.05) is 78.9 Å². The summed E-state index contributed by atoms with van der Waals surface area (Å²) < 4.78 is 7.12. The van der Waals surface area contributed by atoms with E-state index in [4.69, 9.17) is 4.74 Å². The number of anilines is 6. The zero-order chi connectivity index (χ0) is 23.2. The molecular formula is C31H23N3O. The van der Waals surface area contributed by atoms with Gasteiger partial charge >= 0.3 is 5.97 Å². The Bertz CT molecular complexity index is 1360. The minimum Gasteiger partial charge on any atom is -0.429 e. The van der Waals surface area contributed by atoms with E-state index >= 15 is 0 Å². The molecule has 0 saturated carbocycles. The van der Waals surface area contributed by atoms with E-state index in [-0.39, 0.29) is 0 Å². The van der Waals surface area contributed by atoms with Gasteiger partial charge in [-0.05, 0) is 60.7 Å². The Kier molecular flexibility index (Phi) is 4.33. The van der Waals surface area contributed by atoms with Crippen molar-refractivity contribution in [3.8, 4) is 5.75 Å². The molecule has 0 fully saturated rings. The van der Waals surface area contributed by atoms with Crippen molar-refractivity contribution in [3.05, 3.63) is 140 Å². The lowest BCUT2D eigenvalue weighted by Gasteiger charge is -2.46. The third kappa shape index (κ3) is 2.80. The highest BCUT2D eigenvalue weighted by Gasteiger charge is 2.62. The molecule has 2 aliphatic heterocycles. The van der Waals surface area contributed by atoms with E-state index in [9.17, 15) is 0 Å². The first kappa shape index (κ1) is 19.7. The van der Waals surface area contributed by atoms with Crippen LogP contribution in [0, 0.1) is 0 Å². The number of para-hydroxylation sites is 7. The van der Waals surface area contributed by atoms with Crippen molar-refractivity contribution in [2.45, 2.75) is 5.97 Å². The Labute approximate surface area is 204 Å². The molecule has 2 aliphatic rings. The lowest BCUT2D eigenvalue weighted by Crippen LogP contribution is -2.65. The molecule has 2 heterocycles. The molecule has 0 saturated heterocycles. The molecule has 0 N–H and O–H groups in total. The maximum absolute atomic E-state index is 7.12. The smallest absolute Gasteiger partial charge is 0.367 e. The van der Waals surface area contributed by atoms with Crippen molar-refractivity contribution in [1.82, 2.24) is 0 Å². The summed E-state index contributed by atoms with van der Waals surface area (Å²) in [7, 11) is 0. The summed E-state index contributed by atoms with van der Waals surface area (Å²) in [6.45, 7) is 0. The second-order valence-electron chi connectivity index (χ2n) is 8.65. The van der Waals surface area contributed by atoms with E-state index in [0.29, 0.717) is 0 Å². The summed E-state index contributed by atoms with van der Waals surface area (Å²) in [6, 6.07) is 48.2. The van der Waals surface area contributed by atoms with Gasteiger partial charge in [0.15, 0.2) is 5.75 Å². The maximum atomic E-state index is 7.12. The molecule has 0 radical (unpaired) electrons. The van der Waals surface area contributed by atoms with Gasteiger partial charge in [0.25, 0.3) is 0 Å². The largest absolute Gasteiger partial charge is 0.429 e. The molecule has 0 amide bonds. The van der Waals surface area contributed by atoms with Crippen LogP contribution < -0.4 is 19.4 Å². The molecule has 1 spiro atoms. The number of hydrogen-bond donors (Lipinski definition) is 0. The standard InChI is InChI=1S/C31H23N3O/c1-4-14-24(15-5-1)32-27-20-10-11-21-28(27)33(25-16-6-2-7-17-25)31(32)34(26-18-8-3-9-19-26)29-22-12-13-23-30(29)35-31/h1-23H. The number of fused-ring (bicyclic) bond motifs is 2. The Morgan fingerprint density at radius 3 is 1.17 bits per heavy atom. The van der Waals surface area contributed by atoms with Crippen LogP contribution in [-0.4, -0.2) is 5.97 Å². The summed E-state index contributed by atoms with van der Waals surface area (Å²) in [5.74, 6) is -0.191. The van der Waals surface area contributed by atoms with E-state index in [1.807, 2.05) is 24.3 Å². The lowest BCUT2D eigenvalue weighted by atomic mass is 10.2. The van der Waals surface area contributed by atoms with Crippen molar-refractivity contribution < 1.29 is 4.74 Å². The number of rotatable bonds is 3. The molecule has 4 nitrogen and oxygen atoms in total. The van der Waals surface area contributed by atoms with Crippen LogP contribution in [0.1, 0.15) is 0 Å². The predicted molar refractivity (Wildman–Crippen MR) is 142 cm³/mol. The third-order valence-electron chi connectivity index (χ3n) is 6.63. The Hall–Kier alpha value is -4.70. The van der Waals surface area contributed by atoms with Gasteiger partial charge in [0.05, 0.1) is 17.1 Å². The SMILES string of the molecule is c1ccc(N2c3ccccc3OC23N(c2ccccc2)c2ccccc2N3c2ccccc2)cc1. The van der Waals surface area contributed by atoms with E-state index < -0.39 is 5.97 Å². The van der Waals surface area contributed by atoms with Gasteiger partial charge in [-0.25, -0.2) is 0 Å². The molecule has 168 valence electrons. The quantitative estimate of drug-likeness (QED) is 0.277. The van der Waals surface area contributed by atoms with E-state index in [1.165, 1.54) is 0 Å². The monoisotopic (exact) mass is 453 g/mol. The summed E-state index contributed by atoms with van der Waals surface area (Å²) in [5, 5.41) is 0. The molecule has 0 atom stereocenters. The first-order valence-electron chi connectivity index (χ1n) is 11.8. The maximum Gasteiger partial charge on any atom is 0.367 e. The van der Waals surface area contributed by atoms with Crippen LogP contribution in [0.15, 0.2) is 140 Å². The Morgan fingerprint density at radius 2 is 0.714 bits per heavy atom. The van der Waals surface area contributed by atoms with Crippen LogP contribution in [0.3, 0.4) is 0 Å². The van der Waals surface area contributed by atoms with Crippen molar-refractivity contribution in [2.24, 2.45) is 0 Å². The van der Waals surface area contributed by atoms with Gasteiger partial charge in [-0.3, -0.25) is 14.7 Å². The van der Waals surface area contributed by atoms with E-state index in [1.54, 1.807) is 0 Å². The fourth-order valence-electron chi connectivity index (χ4n) is 5.28. The normalized spacial score (nSPS) is 15.1. The number of ether oxygens (including phenoxy) is 1. The fraction of sp³-hybridized carbons (Fsp3) is 0.0323. The minimum atomic E-state index is -1.03. The Morgan fingerprint density at radius 1 is 0.371 bits per heavy atom. The lowest BCUT2D eigenvalue weighted by molar-refractivity contribution is 0.119. The van der Waals surface area contributed by atoms with Crippen LogP contribution in [0.4, 0.5) is 34.1 Å². The average molecular weight is 454 g/mol. The predicted octanol–water partition coefficient (Wildman–Crippen LogP) is 7.82. The van der Waals surface area contributed by atoms with Gasteiger partial charge in [-0.2, -0.15) is 0 Å². The van der Waals surface area contributed by atoms with Gasteiger partial charge in [0.2, 0.25) is 0 Å². The van der Waals surface area contributed by atoms with Crippen molar-refractivity contribution >= 4 is 34.1 Å². The summed E-state index contributed by atoms with van der Waals surface area (Å²) in [4.78, 5) is 6.92. The minimum absolute atomic E-state index is 0.839. The van der Waals surface area contributed by atoms with Crippen LogP contribution in [0.25, 0.3) is 0 Å². The van der Waals surface area contributed by atoms with Crippen LogP contribution in [0.5, 0.6) is 5.75 Å². The molecular weight excluding hydrogens is 430 g/mol. The first-order chi connectivity index (χ1) is 17.4. The molecule has 0 aliphatic carbocycles. The third-order valence-corrected chi connectivity index (χ3v) is 6.63. The highest BCUT2D eigenvalue weighted by Crippen LogP contribution is 2.60. The number of benzene rings is 5. The zero-order valence-electron chi connectivity index (χ0n) is 19.0. The van der Waals surface area contributed by atoms with Gasteiger partial charge in [-0.15, -0.1) is 0 Å². The van der Waals surface area contributed by atoms with E-state index in [2.05, 4.69) is 130 Å². The zero-order valence-corrected chi connectivity index (χ0v) is 19.0. The van der Waals surface area contributed by atoms with Gasteiger partial charge in [0, 0.05) is 17.1 Å². The van der Waals surface area contributed by atoms with Crippen LogP contribution >= 0.6 is 0 Å². The van der Waals surface area contributed by atoms with Gasteiger partial charge in [0.1, 0.15) is 0 Å². The molecule has 5 aromatic carbocycles. The van der Waals surface area contributed by atoms with Crippen LogP contribution in [-0.2, 0) is 0 Å². The average Bonchev–Trinajstić information content (AvgIpc) is 3.41.